The lowest BCUT2D eigenvalue weighted by Gasteiger charge is -2.29. The minimum atomic E-state index is 0.111. The zero-order valence-corrected chi connectivity index (χ0v) is 34.4. The topological polar surface area (TPSA) is 25.8 Å². The van der Waals surface area contributed by atoms with Crippen LogP contribution in [0.2, 0.25) is 0 Å². The second-order valence-corrected chi connectivity index (χ2v) is 15.9. The molecule has 290 valence electrons. The van der Waals surface area contributed by atoms with E-state index in [4.69, 9.17) is 8.75 Å². The van der Waals surface area contributed by atoms with Crippen LogP contribution in [-0.4, -0.2) is 8.75 Å². The zero-order valence-electron chi connectivity index (χ0n) is 33.6. The smallest absolute Gasteiger partial charge is 0.113 e. The van der Waals surface area contributed by atoms with Crippen molar-refractivity contribution in [2.24, 2.45) is 0 Å². The highest BCUT2D eigenvalue weighted by molar-refractivity contribution is 7.00. The molecule has 1 aromatic heterocycles. The van der Waals surface area contributed by atoms with Crippen molar-refractivity contribution >= 4 is 33.9 Å². The van der Waals surface area contributed by atoms with Crippen LogP contribution in [0.4, 0.5) is 0 Å². The Kier molecular flexibility index (Phi) is 10.8. The summed E-state index contributed by atoms with van der Waals surface area (Å²) in [6.07, 6.45) is 0. The van der Waals surface area contributed by atoms with Gasteiger partial charge in [0.2, 0.25) is 0 Å². The van der Waals surface area contributed by atoms with Crippen molar-refractivity contribution in [1.29, 1.82) is 0 Å². The molecular weight excluding hydrogens is 757 g/mol. The van der Waals surface area contributed by atoms with Gasteiger partial charge in [-0.25, -0.2) is 0 Å². The fourth-order valence-electron chi connectivity index (χ4n) is 8.88. The van der Waals surface area contributed by atoms with Crippen molar-refractivity contribution in [2.45, 2.75) is 11.8 Å². The van der Waals surface area contributed by atoms with Crippen LogP contribution < -0.4 is 0 Å². The lowest BCUT2D eigenvalue weighted by atomic mass is 9.73. The lowest BCUT2D eigenvalue weighted by Crippen LogP contribution is -2.14. The van der Waals surface area contributed by atoms with Gasteiger partial charge in [-0.15, -0.1) is 0 Å². The largest absolute Gasteiger partial charge is 0.172 e. The first kappa shape index (κ1) is 37.8. The van der Waals surface area contributed by atoms with Crippen molar-refractivity contribution in [3.8, 4) is 22.3 Å². The summed E-state index contributed by atoms with van der Waals surface area (Å²) in [5, 5.41) is 0. The standard InChI is InChI=1S/C58H42N2S/c1-7-19-43(20-8-1)53(44-21-9-2-10-22-44)55(47-27-15-5-16-28-47)49-35-31-41(32-36-49)51-39-40-52(58-57(51)59-61-60-58)42-33-37-50(38-34-42)56(48-29-17-6-18-30-48)54(45-23-11-3-12-24-45)46-25-13-4-14-26-46/h1-40,53,55H. The van der Waals surface area contributed by atoms with Gasteiger partial charge in [-0.2, -0.15) is 8.75 Å². The molecule has 3 heteroatoms. The van der Waals surface area contributed by atoms with Crippen molar-refractivity contribution in [1.82, 2.24) is 8.75 Å². The molecule has 10 rings (SSSR count). The molecule has 0 bridgehead atoms. The molecule has 0 N–H and O–H groups in total. The van der Waals surface area contributed by atoms with Gasteiger partial charge in [0.25, 0.3) is 0 Å². The van der Waals surface area contributed by atoms with Crippen LogP contribution in [0.25, 0.3) is 44.4 Å². The van der Waals surface area contributed by atoms with Crippen LogP contribution >= 0.6 is 11.7 Å². The van der Waals surface area contributed by atoms with Gasteiger partial charge < -0.3 is 0 Å². The lowest BCUT2D eigenvalue weighted by molar-refractivity contribution is 0.694. The summed E-state index contributed by atoms with van der Waals surface area (Å²) < 4.78 is 9.78. The third kappa shape index (κ3) is 7.76. The predicted molar refractivity (Wildman–Crippen MR) is 256 cm³/mol. The van der Waals surface area contributed by atoms with Crippen LogP contribution in [0.1, 0.15) is 56.3 Å². The quantitative estimate of drug-likeness (QED) is 0.122. The van der Waals surface area contributed by atoms with Gasteiger partial charge in [-0.05, 0) is 66.8 Å². The van der Waals surface area contributed by atoms with Gasteiger partial charge in [-0.3, -0.25) is 0 Å². The minimum Gasteiger partial charge on any atom is -0.172 e. The normalized spacial score (nSPS) is 11.7. The number of fused-ring (bicyclic) bond motifs is 1. The second-order valence-electron chi connectivity index (χ2n) is 15.4. The van der Waals surface area contributed by atoms with Crippen LogP contribution in [0.5, 0.6) is 0 Å². The molecule has 0 aliphatic carbocycles. The van der Waals surface area contributed by atoms with Crippen molar-refractivity contribution in [3.63, 3.8) is 0 Å². The summed E-state index contributed by atoms with van der Waals surface area (Å²) in [5.41, 5.74) is 18.5. The maximum absolute atomic E-state index is 4.89. The Hall–Kier alpha value is -7.46. The number of nitrogens with zero attached hydrogens (tertiary/aromatic N) is 2. The van der Waals surface area contributed by atoms with Crippen LogP contribution in [0.3, 0.4) is 0 Å². The van der Waals surface area contributed by atoms with Crippen molar-refractivity contribution in [3.05, 3.63) is 287 Å². The summed E-state index contributed by atoms with van der Waals surface area (Å²) >= 11 is 1.27. The molecule has 61 heavy (non-hydrogen) atoms. The molecule has 0 spiro atoms. The summed E-state index contributed by atoms with van der Waals surface area (Å²) in [4.78, 5) is 0. The van der Waals surface area contributed by atoms with E-state index in [1.807, 2.05) is 0 Å². The van der Waals surface area contributed by atoms with E-state index >= 15 is 0 Å². The van der Waals surface area contributed by atoms with E-state index in [0.717, 1.165) is 38.9 Å². The minimum absolute atomic E-state index is 0.111. The average Bonchev–Trinajstić information content (AvgIpc) is 3.85. The third-order valence-corrected chi connectivity index (χ3v) is 12.3. The molecule has 9 aromatic carbocycles. The van der Waals surface area contributed by atoms with Gasteiger partial charge in [-0.1, -0.05) is 243 Å². The zero-order chi connectivity index (χ0) is 40.8. The molecule has 10 aromatic rings. The van der Waals surface area contributed by atoms with Gasteiger partial charge >= 0.3 is 0 Å². The van der Waals surface area contributed by atoms with E-state index in [9.17, 15) is 0 Å². The molecule has 1 heterocycles. The van der Waals surface area contributed by atoms with Gasteiger partial charge in [0.05, 0.1) is 11.7 Å². The first-order valence-electron chi connectivity index (χ1n) is 20.8. The van der Waals surface area contributed by atoms with Crippen LogP contribution in [0, 0.1) is 0 Å². The summed E-state index contributed by atoms with van der Waals surface area (Å²) in [6.45, 7) is 0. The maximum atomic E-state index is 4.89. The third-order valence-electron chi connectivity index (χ3n) is 11.7. The molecule has 0 aliphatic heterocycles. The highest BCUT2D eigenvalue weighted by Gasteiger charge is 2.28. The molecule has 2 nitrogen and oxygen atoms in total. The summed E-state index contributed by atoms with van der Waals surface area (Å²) in [7, 11) is 0. The first-order chi connectivity index (χ1) is 30.3. The summed E-state index contributed by atoms with van der Waals surface area (Å²) in [5.74, 6) is 0.248. The fraction of sp³-hybridized carbons (Fsp3) is 0.0345. The first-order valence-corrected chi connectivity index (χ1v) is 21.5. The SMILES string of the molecule is c1ccc(C(=C(c2ccccc2)c2ccc(-c3ccc(-c4ccc(C(c5ccccc5)C(c5ccccc5)c5ccccc5)cc4)c4nsnc34)cc2)c2ccccc2)cc1. The second kappa shape index (κ2) is 17.4. The number of rotatable bonds is 11. The molecule has 0 radical (unpaired) electrons. The molecular formula is C58H42N2S. The number of hydrogen-bond donors (Lipinski definition) is 0. The van der Waals surface area contributed by atoms with Gasteiger partial charge in [0.15, 0.2) is 0 Å². The Morgan fingerprint density at radius 2 is 0.557 bits per heavy atom. The Morgan fingerprint density at radius 3 is 0.902 bits per heavy atom. The molecule has 1 atom stereocenters. The van der Waals surface area contributed by atoms with Crippen molar-refractivity contribution in [2.75, 3.05) is 0 Å². The number of benzene rings is 9. The highest BCUT2D eigenvalue weighted by atomic mass is 32.1. The van der Waals surface area contributed by atoms with E-state index < -0.39 is 0 Å². The maximum Gasteiger partial charge on any atom is 0.113 e. The monoisotopic (exact) mass is 798 g/mol. The number of hydrogen-bond acceptors (Lipinski definition) is 3. The van der Waals surface area contributed by atoms with Gasteiger partial charge in [0.1, 0.15) is 11.0 Å². The Morgan fingerprint density at radius 1 is 0.279 bits per heavy atom. The summed E-state index contributed by atoms with van der Waals surface area (Å²) in [6, 6.07) is 87.4. The van der Waals surface area contributed by atoms with Gasteiger partial charge in [0, 0.05) is 23.0 Å². The van der Waals surface area contributed by atoms with E-state index in [0.29, 0.717) is 0 Å². The number of aromatic nitrogens is 2. The average molecular weight is 799 g/mol. The van der Waals surface area contributed by atoms with E-state index in [1.54, 1.807) is 0 Å². The van der Waals surface area contributed by atoms with E-state index in [1.165, 1.54) is 61.8 Å². The predicted octanol–water partition coefficient (Wildman–Crippen LogP) is 15.0. The molecule has 0 aliphatic rings. The van der Waals surface area contributed by atoms with E-state index in [-0.39, 0.29) is 11.8 Å². The molecule has 0 saturated carbocycles. The van der Waals surface area contributed by atoms with Crippen molar-refractivity contribution < 1.29 is 0 Å². The molecule has 0 amide bonds. The fourth-order valence-corrected chi connectivity index (χ4v) is 9.45. The van der Waals surface area contributed by atoms with Crippen LogP contribution in [0.15, 0.2) is 243 Å². The molecule has 0 saturated heterocycles. The highest BCUT2D eigenvalue weighted by Crippen LogP contribution is 2.44. The van der Waals surface area contributed by atoms with Crippen LogP contribution in [-0.2, 0) is 0 Å². The Balaban J connectivity index is 1.02. The molecule has 1 unspecified atom stereocenters. The molecule has 0 fully saturated rings. The Labute approximate surface area is 362 Å². The van der Waals surface area contributed by atoms with E-state index in [2.05, 4.69) is 243 Å². The Bertz CT molecular complexity index is 2940.